The Balaban J connectivity index is 2.46. The van der Waals surface area contributed by atoms with E-state index in [0.29, 0.717) is 0 Å². The van der Waals surface area contributed by atoms with Crippen molar-refractivity contribution >= 4 is 39.3 Å². The fourth-order valence-electron chi connectivity index (χ4n) is 0.716. The van der Waals surface area contributed by atoms with Crippen LogP contribution < -0.4 is 0 Å². The van der Waals surface area contributed by atoms with Gasteiger partial charge in [-0.25, -0.2) is 0 Å². The summed E-state index contributed by atoms with van der Waals surface area (Å²) in [7, 11) is 0. The lowest BCUT2D eigenvalue weighted by Gasteiger charge is -2.01. The van der Waals surface area contributed by atoms with Gasteiger partial charge < -0.3 is 0 Å². The maximum Gasteiger partial charge on any atom is 0.0494 e. The molecule has 0 spiro atoms. The van der Waals surface area contributed by atoms with Gasteiger partial charge in [-0.2, -0.15) is 0 Å². The van der Waals surface area contributed by atoms with Gasteiger partial charge in [0.05, 0.1) is 0 Å². The molecule has 0 saturated heterocycles. The van der Waals surface area contributed by atoms with Gasteiger partial charge in [0.15, 0.2) is 0 Å². The van der Waals surface area contributed by atoms with Crippen molar-refractivity contribution in [3.8, 4) is 0 Å². The summed E-state index contributed by atoms with van der Waals surface area (Å²) in [5.41, 5.74) is 0. The van der Waals surface area contributed by atoms with E-state index in [2.05, 4.69) is 20.9 Å². The predicted octanol–water partition coefficient (Wildman–Crippen LogP) is 3.57. The van der Waals surface area contributed by atoms with Crippen LogP contribution in [0.15, 0.2) is 27.8 Å². The second kappa shape index (κ2) is 5.84. The fraction of sp³-hybridized carbons (Fsp3) is 0.375. The van der Waals surface area contributed by atoms with Crippen LogP contribution >= 0.6 is 39.3 Å². The van der Waals surface area contributed by atoms with E-state index in [0.717, 1.165) is 22.5 Å². The van der Waals surface area contributed by atoms with Gasteiger partial charge in [0.1, 0.15) is 0 Å². The summed E-state index contributed by atoms with van der Waals surface area (Å²) < 4.78 is 1.06. The van der Waals surface area contributed by atoms with E-state index in [1.54, 1.807) is 18.0 Å². The van der Waals surface area contributed by atoms with Crippen molar-refractivity contribution in [2.24, 2.45) is 0 Å². The van der Waals surface area contributed by atoms with E-state index in [-0.39, 0.29) is 0 Å². The number of alkyl halides is 1. The third-order valence-electron chi connectivity index (χ3n) is 1.27. The zero-order chi connectivity index (χ0) is 8.81. The van der Waals surface area contributed by atoms with Crippen LogP contribution in [0, 0.1) is 0 Å². The van der Waals surface area contributed by atoms with Crippen molar-refractivity contribution in [2.75, 3.05) is 11.6 Å². The van der Waals surface area contributed by atoms with Crippen molar-refractivity contribution in [3.05, 3.63) is 22.9 Å². The Labute approximate surface area is 90.0 Å². The van der Waals surface area contributed by atoms with Crippen LogP contribution in [0.1, 0.15) is 6.42 Å². The Bertz CT molecular complexity index is 244. The highest BCUT2D eigenvalue weighted by atomic mass is 79.9. The molecule has 1 aromatic heterocycles. The largest absolute Gasteiger partial charge is 0.263 e. The first-order chi connectivity index (χ1) is 5.84. The molecule has 1 aromatic rings. The average Bonchev–Trinajstić information content (AvgIpc) is 2.09. The van der Waals surface area contributed by atoms with Gasteiger partial charge in [-0.3, -0.25) is 4.98 Å². The molecule has 0 aliphatic rings. The minimum Gasteiger partial charge on any atom is -0.263 e. The first kappa shape index (κ1) is 10.4. The highest BCUT2D eigenvalue weighted by molar-refractivity contribution is 9.10. The van der Waals surface area contributed by atoms with Crippen LogP contribution in [0.4, 0.5) is 0 Å². The van der Waals surface area contributed by atoms with E-state index < -0.39 is 0 Å². The molecule has 0 bridgehead atoms. The number of hydrogen-bond acceptors (Lipinski definition) is 2. The van der Waals surface area contributed by atoms with Crippen LogP contribution in [0.2, 0.25) is 0 Å². The lowest BCUT2D eigenvalue weighted by molar-refractivity contribution is 1.11. The van der Waals surface area contributed by atoms with E-state index in [4.69, 9.17) is 11.6 Å². The number of nitrogens with zero attached hydrogens (tertiary/aromatic N) is 1. The quantitative estimate of drug-likeness (QED) is 0.469. The molecule has 0 unspecified atom stereocenters. The van der Waals surface area contributed by atoms with Gasteiger partial charge in [0, 0.05) is 27.6 Å². The summed E-state index contributed by atoms with van der Waals surface area (Å²) in [4.78, 5) is 5.22. The highest BCUT2D eigenvalue weighted by Gasteiger charge is 1.98. The van der Waals surface area contributed by atoms with Crippen LogP contribution in [0.3, 0.4) is 0 Å². The van der Waals surface area contributed by atoms with Crippen LogP contribution in [0.5, 0.6) is 0 Å². The van der Waals surface area contributed by atoms with Crippen LogP contribution in [-0.4, -0.2) is 16.6 Å². The minimum atomic E-state index is 0.732. The lowest BCUT2D eigenvalue weighted by Crippen LogP contribution is -1.82. The molecule has 0 aliphatic carbocycles. The Morgan fingerprint density at radius 1 is 1.58 bits per heavy atom. The lowest BCUT2D eigenvalue weighted by atomic mass is 10.5. The summed E-state index contributed by atoms with van der Waals surface area (Å²) in [6, 6.07) is 2.00. The van der Waals surface area contributed by atoms with Gasteiger partial charge in [0.2, 0.25) is 0 Å². The summed E-state index contributed by atoms with van der Waals surface area (Å²) >= 11 is 10.8. The fourth-order valence-corrected chi connectivity index (χ4v) is 2.46. The molecule has 1 heterocycles. The second-order valence-corrected chi connectivity index (χ2v) is 4.57. The van der Waals surface area contributed by atoms with Crippen LogP contribution in [-0.2, 0) is 0 Å². The Hall–Kier alpha value is 0.270. The van der Waals surface area contributed by atoms with E-state index in [9.17, 15) is 0 Å². The number of thioether (sulfide) groups is 1. The molecule has 0 saturated carbocycles. The van der Waals surface area contributed by atoms with E-state index in [1.165, 1.54) is 4.90 Å². The molecule has 1 rings (SSSR count). The maximum absolute atomic E-state index is 5.57. The summed E-state index contributed by atoms with van der Waals surface area (Å²) in [5.74, 6) is 1.79. The molecule has 0 N–H and O–H groups in total. The molecule has 1 nitrogen and oxygen atoms in total. The highest BCUT2D eigenvalue weighted by Crippen LogP contribution is 2.26. The van der Waals surface area contributed by atoms with Gasteiger partial charge in [-0.15, -0.1) is 23.4 Å². The molecule has 12 heavy (non-hydrogen) atoms. The Morgan fingerprint density at radius 3 is 3.08 bits per heavy atom. The third-order valence-corrected chi connectivity index (χ3v) is 3.59. The SMILES string of the molecule is ClCCCSc1ccncc1Br. The molecular weight excluding hydrogens is 258 g/mol. The number of hydrogen-bond donors (Lipinski definition) is 0. The number of aromatic nitrogens is 1. The third kappa shape index (κ3) is 3.33. The zero-order valence-electron chi connectivity index (χ0n) is 6.46. The summed E-state index contributed by atoms with van der Waals surface area (Å²) in [6.45, 7) is 0. The first-order valence-corrected chi connectivity index (χ1v) is 5.94. The van der Waals surface area contributed by atoms with E-state index >= 15 is 0 Å². The Morgan fingerprint density at radius 2 is 2.42 bits per heavy atom. The standard InChI is InChI=1S/C8H9BrClNS/c9-7-6-11-4-2-8(7)12-5-1-3-10/h2,4,6H,1,3,5H2. The summed E-state index contributed by atoms with van der Waals surface area (Å²) in [6.07, 6.45) is 4.65. The molecule has 0 radical (unpaired) electrons. The Kier molecular flexibility index (Phi) is 5.04. The maximum atomic E-state index is 5.57. The topological polar surface area (TPSA) is 12.9 Å². The van der Waals surface area contributed by atoms with Crippen molar-refractivity contribution in [3.63, 3.8) is 0 Å². The normalized spacial score (nSPS) is 10.2. The first-order valence-electron chi connectivity index (χ1n) is 3.63. The predicted molar refractivity (Wildman–Crippen MR) is 58.0 cm³/mol. The number of rotatable bonds is 4. The molecule has 4 heteroatoms. The van der Waals surface area contributed by atoms with Crippen molar-refractivity contribution < 1.29 is 0 Å². The van der Waals surface area contributed by atoms with Gasteiger partial charge in [-0.1, -0.05) is 0 Å². The average molecular weight is 267 g/mol. The molecule has 0 aromatic carbocycles. The van der Waals surface area contributed by atoms with Crippen molar-refractivity contribution in [2.45, 2.75) is 11.3 Å². The number of pyridine rings is 1. The van der Waals surface area contributed by atoms with Crippen molar-refractivity contribution in [1.29, 1.82) is 0 Å². The summed E-state index contributed by atoms with van der Waals surface area (Å²) in [5, 5.41) is 0. The second-order valence-electron chi connectivity index (χ2n) is 2.20. The zero-order valence-corrected chi connectivity index (χ0v) is 9.62. The molecule has 0 amide bonds. The minimum absolute atomic E-state index is 0.732. The van der Waals surface area contributed by atoms with E-state index in [1.807, 2.05) is 12.3 Å². The van der Waals surface area contributed by atoms with Gasteiger partial charge >= 0.3 is 0 Å². The van der Waals surface area contributed by atoms with Gasteiger partial charge in [-0.05, 0) is 34.2 Å². The van der Waals surface area contributed by atoms with Crippen LogP contribution in [0.25, 0.3) is 0 Å². The smallest absolute Gasteiger partial charge is 0.0494 e. The monoisotopic (exact) mass is 265 g/mol. The molecule has 0 aliphatic heterocycles. The van der Waals surface area contributed by atoms with Crippen molar-refractivity contribution in [1.82, 2.24) is 4.98 Å². The molecular formula is C8H9BrClNS. The number of halogens is 2. The molecule has 0 atom stereocenters. The molecule has 66 valence electrons. The molecule has 0 fully saturated rings. The van der Waals surface area contributed by atoms with Gasteiger partial charge in [0.25, 0.3) is 0 Å².